The van der Waals surface area contributed by atoms with Crippen LogP contribution in [0.1, 0.15) is 0 Å². The van der Waals surface area contributed by atoms with Crippen molar-refractivity contribution in [3.8, 4) is 0 Å². The predicted molar refractivity (Wildman–Crippen MR) is 103 cm³/mol. The smallest absolute Gasteiger partial charge is 0.308 e. The molecule has 0 aromatic heterocycles. The molecule has 3 aromatic rings. The summed E-state index contributed by atoms with van der Waals surface area (Å²) in [6.07, 6.45) is 0. The molecule has 2 amide bonds. The van der Waals surface area contributed by atoms with E-state index in [0.29, 0.717) is 5.69 Å². The minimum atomic E-state index is -4.01. The first-order chi connectivity index (χ1) is 12.9. The molecule has 0 saturated heterocycles. The van der Waals surface area contributed by atoms with Crippen LogP contribution < -0.4 is 15.4 Å². The van der Waals surface area contributed by atoms with Gasteiger partial charge in [0.1, 0.15) is 5.82 Å². The zero-order chi connectivity index (χ0) is 19.3. The summed E-state index contributed by atoms with van der Waals surface area (Å²) in [5.74, 6) is -0.661. The highest BCUT2D eigenvalue weighted by Gasteiger charge is 2.17. The van der Waals surface area contributed by atoms with E-state index in [-0.39, 0.29) is 16.3 Å². The maximum Gasteiger partial charge on any atom is 0.323 e. The van der Waals surface area contributed by atoms with Crippen molar-refractivity contribution in [3.63, 3.8) is 0 Å². The topological polar surface area (TPSA) is 87.3 Å². The maximum absolute atomic E-state index is 13.3. The molecule has 0 atom stereocenters. The highest BCUT2D eigenvalue weighted by atomic mass is 32.2. The first kappa shape index (κ1) is 18.4. The van der Waals surface area contributed by atoms with Crippen molar-refractivity contribution < 1.29 is 17.6 Å². The van der Waals surface area contributed by atoms with Crippen LogP contribution in [0.4, 0.5) is 26.2 Å². The molecule has 27 heavy (non-hydrogen) atoms. The molecule has 138 valence electrons. The van der Waals surface area contributed by atoms with Gasteiger partial charge < -0.3 is 10.6 Å². The summed E-state index contributed by atoms with van der Waals surface area (Å²) in [5.41, 5.74) is 1.00. The summed E-state index contributed by atoms with van der Waals surface area (Å²) in [5, 5.41) is 5.24. The molecule has 0 aliphatic carbocycles. The molecule has 3 rings (SSSR count). The number of para-hydroxylation sites is 3. The fourth-order valence-electron chi connectivity index (χ4n) is 2.33. The molecular weight excluding hydrogens is 369 g/mol. The third-order valence-corrected chi connectivity index (χ3v) is 4.92. The third-order valence-electron chi connectivity index (χ3n) is 3.56. The molecule has 3 aromatic carbocycles. The maximum atomic E-state index is 13.3. The average molecular weight is 385 g/mol. The predicted octanol–water partition coefficient (Wildman–Crippen LogP) is 4.27. The van der Waals surface area contributed by atoms with E-state index >= 15 is 0 Å². The summed E-state index contributed by atoms with van der Waals surface area (Å²) >= 11 is 0. The van der Waals surface area contributed by atoms with Gasteiger partial charge in [-0.2, -0.15) is 0 Å². The zero-order valence-electron chi connectivity index (χ0n) is 14.0. The lowest BCUT2D eigenvalue weighted by atomic mass is 10.3. The Bertz CT molecular complexity index is 1060. The highest BCUT2D eigenvalue weighted by molar-refractivity contribution is 7.92. The summed E-state index contributed by atoms with van der Waals surface area (Å²) in [6, 6.07) is 19.3. The standard InChI is InChI=1S/C19H16FN3O3S/c20-14-7-6-10-16(13-14)27(25,26)23-18-12-5-4-11-17(18)22-19(24)21-15-8-2-1-3-9-15/h1-13,23H,(H2,21,22,24). The number of urea groups is 1. The number of amides is 2. The molecule has 0 radical (unpaired) electrons. The number of halogens is 1. The second-order valence-electron chi connectivity index (χ2n) is 5.55. The van der Waals surface area contributed by atoms with Gasteiger partial charge in [-0.05, 0) is 42.5 Å². The molecule has 8 heteroatoms. The van der Waals surface area contributed by atoms with Gasteiger partial charge in [-0.3, -0.25) is 4.72 Å². The quantitative estimate of drug-likeness (QED) is 0.613. The van der Waals surface area contributed by atoms with Gasteiger partial charge in [0.2, 0.25) is 0 Å². The fraction of sp³-hybridized carbons (Fsp3) is 0. The van der Waals surface area contributed by atoms with Crippen molar-refractivity contribution in [2.24, 2.45) is 0 Å². The van der Waals surface area contributed by atoms with Gasteiger partial charge in [0.05, 0.1) is 16.3 Å². The summed E-state index contributed by atoms with van der Waals surface area (Å²) in [7, 11) is -4.01. The number of rotatable bonds is 5. The minimum absolute atomic E-state index is 0.157. The third kappa shape index (κ3) is 4.83. The van der Waals surface area contributed by atoms with Crippen LogP contribution in [0.5, 0.6) is 0 Å². The summed E-state index contributed by atoms with van der Waals surface area (Å²) in [6.45, 7) is 0. The number of sulfonamides is 1. The van der Waals surface area contributed by atoms with Crippen LogP contribution in [0, 0.1) is 5.82 Å². The monoisotopic (exact) mass is 385 g/mol. The van der Waals surface area contributed by atoms with Crippen molar-refractivity contribution in [1.82, 2.24) is 0 Å². The van der Waals surface area contributed by atoms with Crippen molar-refractivity contribution in [2.45, 2.75) is 4.90 Å². The Hall–Kier alpha value is -3.39. The van der Waals surface area contributed by atoms with E-state index in [0.717, 1.165) is 12.1 Å². The van der Waals surface area contributed by atoms with E-state index in [1.54, 1.807) is 42.5 Å². The molecule has 0 spiro atoms. The first-order valence-electron chi connectivity index (χ1n) is 7.94. The van der Waals surface area contributed by atoms with E-state index in [1.807, 2.05) is 6.07 Å². The molecule has 0 aliphatic rings. The Balaban J connectivity index is 1.79. The Morgan fingerprint density at radius 3 is 2.15 bits per heavy atom. The number of nitrogens with one attached hydrogen (secondary N) is 3. The molecule has 0 bridgehead atoms. The van der Waals surface area contributed by atoms with Gasteiger partial charge in [-0.1, -0.05) is 36.4 Å². The molecule has 0 heterocycles. The molecule has 3 N–H and O–H groups in total. The summed E-state index contributed by atoms with van der Waals surface area (Å²) in [4.78, 5) is 11.9. The van der Waals surface area contributed by atoms with Crippen LogP contribution in [0.2, 0.25) is 0 Å². The largest absolute Gasteiger partial charge is 0.323 e. The van der Waals surface area contributed by atoms with Gasteiger partial charge in [0, 0.05) is 5.69 Å². The Morgan fingerprint density at radius 2 is 1.44 bits per heavy atom. The zero-order valence-corrected chi connectivity index (χ0v) is 14.8. The lowest BCUT2D eigenvalue weighted by molar-refractivity contribution is 0.262. The van der Waals surface area contributed by atoms with E-state index in [4.69, 9.17) is 0 Å². The number of carbonyl (C=O) groups excluding carboxylic acids is 1. The normalized spacial score (nSPS) is 10.9. The van der Waals surface area contributed by atoms with Gasteiger partial charge in [0.25, 0.3) is 10.0 Å². The first-order valence-corrected chi connectivity index (χ1v) is 9.43. The lowest BCUT2D eigenvalue weighted by Gasteiger charge is -2.14. The highest BCUT2D eigenvalue weighted by Crippen LogP contribution is 2.25. The van der Waals surface area contributed by atoms with Crippen molar-refractivity contribution in [3.05, 3.63) is 84.7 Å². The fourth-order valence-corrected chi connectivity index (χ4v) is 3.44. The van der Waals surface area contributed by atoms with Crippen LogP contribution in [0.15, 0.2) is 83.8 Å². The number of carbonyl (C=O) groups is 1. The van der Waals surface area contributed by atoms with Gasteiger partial charge in [-0.25, -0.2) is 17.6 Å². The molecule has 6 nitrogen and oxygen atoms in total. The molecule has 0 unspecified atom stereocenters. The lowest BCUT2D eigenvalue weighted by Crippen LogP contribution is -2.21. The van der Waals surface area contributed by atoms with Gasteiger partial charge in [-0.15, -0.1) is 0 Å². The number of hydrogen-bond donors (Lipinski definition) is 3. The number of hydrogen-bond acceptors (Lipinski definition) is 3. The van der Waals surface area contributed by atoms with E-state index in [9.17, 15) is 17.6 Å². The van der Waals surface area contributed by atoms with Crippen molar-refractivity contribution in [2.75, 3.05) is 15.4 Å². The molecule has 0 aliphatic heterocycles. The summed E-state index contributed by atoms with van der Waals surface area (Å²) < 4.78 is 40.7. The van der Waals surface area contributed by atoms with E-state index < -0.39 is 21.9 Å². The molecule has 0 fully saturated rings. The van der Waals surface area contributed by atoms with Crippen LogP contribution in [0.3, 0.4) is 0 Å². The second-order valence-corrected chi connectivity index (χ2v) is 7.24. The van der Waals surface area contributed by atoms with Crippen LogP contribution in [0.25, 0.3) is 0 Å². The Kier molecular flexibility index (Phi) is 5.37. The number of anilines is 3. The van der Waals surface area contributed by atoms with Crippen LogP contribution in [-0.2, 0) is 10.0 Å². The van der Waals surface area contributed by atoms with Gasteiger partial charge in [0.15, 0.2) is 0 Å². The minimum Gasteiger partial charge on any atom is -0.308 e. The Morgan fingerprint density at radius 1 is 0.778 bits per heavy atom. The van der Waals surface area contributed by atoms with Crippen molar-refractivity contribution in [1.29, 1.82) is 0 Å². The van der Waals surface area contributed by atoms with Crippen LogP contribution >= 0.6 is 0 Å². The molecule has 0 saturated carbocycles. The number of benzene rings is 3. The molecular formula is C19H16FN3O3S. The van der Waals surface area contributed by atoms with E-state index in [2.05, 4.69) is 15.4 Å². The second kappa shape index (κ2) is 7.88. The van der Waals surface area contributed by atoms with E-state index in [1.165, 1.54) is 18.2 Å². The SMILES string of the molecule is O=C(Nc1ccccc1)Nc1ccccc1NS(=O)(=O)c1cccc(F)c1. The van der Waals surface area contributed by atoms with Crippen LogP contribution in [-0.4, -0.2) is 14.4 Å². The van der Waals surface area contributed by atoms with Gasteiger partial charge >= 0.3 is 6.03 Å². The van der Waals surface area contributed by atoms with Crippen molar-refractivity contribution >= 4 is 33.1 Å². The average Bonchev–Trinajstić information content (AvgIpc) is 2.64. The Labute approximate surface area is 156 Å².